The summed E-state index contributed by atoms with van der Waals surface area (Å²) in [5, 5.41) is 9.15. The van der Waals surface area contributed by atoms with Gasteiger partial charge in [-0.05, 0) is 24.7 Å². The molecule has 0 bridgehead atoms. The Labute approximate surface area is 96.6 Å². The molecule has 1 rings (SSSR count). The number of rotatable bonds is 3. The van der Waals surface area contributed by atoms with Crippen molar-refractivity contribution in [3.63, 3.8) is 0 Å². The Bertz CT molecular complexity index is 289. The van der Waals surface area contributed by atoms with Crippen molar-refractivity contribution in [2.24, 2.45) is 11.3 Å². The van der Waals surface area contributed by atoms with Crippen LogP contribution in [-0.2, 0) is 9.59 Å². The van der Waals surface area contributed by atoms with E-state index in [1.165, 1.54) is 0 Å². The minimum Gasteiger partial charge on any atom is -0.481 e. The Morgan fingerprint density at radius 1 is 1.31 bits per heavy atom. The van der Waals surface area contributed by atoms with E-state index < -0.39 is 17.3 Å². The molecule has 1 amide bonds. The van der Waals surface area contributed by atoms with E-state index in [0.29, 0.717) is 0 Å². The maximum atomic E-state index is 12.1. The number of aliphatic carboxylic acids is 1. The Kier molecular flexibility index (Phi) is 3.61. The first-order valence-electron chi connectivity index (χ1n) is 5.74. The molecule has 0 spiro atoms. The summed E-state index contributed by atoms with van der Waals surface area (Å²) in [4.78, 5) is 24.9. The lowest BCUT2D eigenvalue weighted by Crippen LogP contribution is -2.49. The summed E-state index contributed by atoms with van der Waals surface area (Å²) in [7, 11) is 1.72. The van der Waals surface area contributed by atoms with Crippen LogP contribution in [0.2, 0.25) is 0 Å². The summed E-state index contributed by atoms with van der Waals surface area (Å²) < 4.78 is 0. The number of amides is 1. The van der Waals surface area contributed by atoms with E-state index >= 15 is 0 Å². The van der Waals surface area contributed by atoms with Gasteiger partial charge in [-0.1, -0.05) is 20.8 Å². The molecule has 0 heterocycles. The van der Waals surface area contributed by atoms with Crippen LogP contribution in [0.15, 0.2) is 0 Å². The van der Waals surface area contributed by atoms with Crippen molar-refractivity contribution < 1.29 is 14.7 Å². The van der Waals surface area contributed by atoms with Gasteiger partial charge in [-0.25, -0.2) is 0 Å². The molecular weight excluding hydrogens is 206 g/mol. The van der Waals surface area contributed by atoms with E-state index in [4.69, 9.17) is 5.11 Å². The van der Waals surface area contributed by atoms with Crippen LogP contribution in [-0.4, -0.2) is 35.0 Å². The van der Waals surface area contributed by atoms with Crippen LogP contribution < -0.4 is 0 Å². The third-order valence-electron chi connectivity index (χ3n) is 3.33. The van der Waals surface area contributed by atoms with Gasteiger partial charge in [-0.3, -0.25) is 9.59 Å². The largest absolute Gasteiger partial charge is 0.481 e. The highest BCUT2D eigenvalue weighted by molar-refractivity contribution is 5.97. The maximum absolute atomic E-state index is 12.1. The number of carboxylic acids is 1. The lowest BCUT2D eigenvalue weighted by molar-refractivity contribution is -0.157. The van der Waals surface area contributed by atoms with Crippen molar-refractivity contribution in [1.29, 1.82) is 0 Å². The second-order valence-corrected chi connectivity index (χ2v) is 5.67. The molecule has 4 heteroatoms. The van der Waals surface area contributed by atoms with E-state index in [-0.39, 0.29) is 11.9 Å². The first kappa shape index (κ1) is 13.0. The zero-order chi connectivity index (χ0) is 12.5. The minimum atomic E-state index is -1.02. The lowest BCUT2D eigenvalue weighted by Gasteiger charge is -2.38. The lowest BCUT2D eigenvalue weighted by atomic mass is 9.79. The van der Waals surface area contributed by atoms with Crippen molar-refractivity contribution >= 4 is 11.9 Å². The molecule has 1 N–H and O–H groups in total. The molecule has 0 aromatic rings. The summed E-state index contributed by atoms with van der Waals surface area (Å²) in [6.45, 7) is 5.37. The first-order chi connectivity index (χ1) is 7.25. The first-order valence-corrected chi connectivity index (χ1v) is 5.74. The second-order valence-electron chi connectivity index (χ2n) is 5.67. The van der Waals surface area contributed by atoms with Gasteiger partial charge in [-0.2, -0.15) is 0 Å². The molecule has 1 fully saturated rings. The van der Waals surface area contributed by atoms with E-state index in [2.05, 4.69) is 0 Å². The molecule has 92 valence electrons. The maximum Gasteiger partial charge on any atom is 0.316 e. The third kappa shape index (κ3) is 2.54. The third-order valence-corrected chi connectivity index (χ3v) is 3.33. The zero-order valence-electron chi connectivity index (χ0n) is 10.5. The smallest absolute Gasteiger partial charge is 0.316 e. The molecule has 1 atom stereocenters. The minimum absolute atomic E-state index is 0.247. The highest BCUT2D eigenvalue weighted by atomic mass is 16.4. The molecule has 0 aliphatic heterocycles. The van der Waals surface area contributed by atoms with Gasteiger partial charge < -0.3 is 10.0 Å². The topological polar surface area (TPSA) is 57.6 Å². The quantitative estimate of drug-likeness (QED) is 0.747. The van der Waals surface area contributed by atoms with Crippen molar-refractivity contribution in [1.82, 2.24) is 4.90 Å². The van der Waals surface area contributed by atoms with E-state index in [0.717, 1.165) is 19.3 Å². The highest BCUT2D eigenvalue weighted by Crippen LogP contribution is 2.31. The average molecular weight is 227 g/mol. The van der Waals surface area contributed by atoms with Gasteiger partial charge in [0.05, 0.1) is 0 Å². The zero-order valence-corrected chi connectivity index (χ0v) is 10.5. The normalized spacial score (nSPS) is 18.8. The van der Waals surface area contributed by atoms with Crippen LogP contribution in [0.5, 0.6) is 0 Å². The standard InChI is InChI=1S/C12H21NO3/c1-12(2,3)9(11(15)16)10(14)13(4)8-6-5-7-8/h8-9H,5-7H2,1-4H3,(H,15,16). The van der Waals surface area contributed by atoms with Crippen LogP contribution in [0.25, 0.3) is 0 Å². The van der Waals surface area contributed by atoms with Gasteiger partial charge in [0.1, 0.15) is 5.92 Å². The summed E-state index contributed by atoms with van der Waals surface area (Å²) in [5.41, 5.74) is -0.541. The van der Waals surface area contributed by atoms with Crippen LogP contribution in [0.4, 0.5) is 0 Å². The van der Waals surface area contributed by atoms with Gasteiger partial charge >= 0.3 is 5.97 Å². The monoisotopic (exact) mass is 227 g/mol. The van der Waals surface area contributed by atoms with Gasteiger partial charge in [0.25, 0.3) is 0 Å². The fraction of sp³-hybridized carbons (Fsp3) is 0.833. The fourth-order valence-electron chi connectivity index (χ4n) is 2.00. The summed E-state index contributed by atoms with van der Waals surface area (Å²) in [6.07, 6.45) is 3.13. The number of carbonyl (C=O) groups excluding carboxylic acids is 1. The van der Waals surface area contributed by atoms with Crippen molar-refractivity contribution in [2.45, 2.75) is 46.1 Å². The predicted octanol–water partition coefficient (Wildman–Crippen LogP) is 1.74. The molecule has 0 aromatic heterocycles. The van der Waals surface area contributed by atoms with Crippen molar-refractivity contribution in [3.8, 4) is 0 Å². The average Bonchev–Trinajstić information content (AvgIpc) is 1.96. The Balaban J connectivity index is 2.78. The van der Waals surface area contributed by atoms with Crippen LogP contribution >= 0.6 is 0 Å². The molecule has 0 radical (unpaired) electrons. The van der Waals surface area contributed by atoms with Crippen LogP contribution in [0.3, 0.4) is 0 Å². The number of nitrogens with zero attached hydrogens (tertiary/aromatic N) is 1. The van der Waals surface area contributed by atoms with Crippen LogP contribution in [0.1, 0.15) is 40.0 Å². The molecule has 1 aliphatic carbocycles. The molecular formula is C12H21NO3. The summed E-state index contributed by atoms with van der Waals surface area (Å²) in [5.74, 6) is -2.23. The summed E-state index contributed by atoms with van der Waals surface area (Å²) in [6, 6.07) is 0.247. The molecule has 1 saturated carbocycles. The fourth-order valence-corrected chi connectivity index (χ4v) is 2.00. The number of hydrogen-bond donors (Lipinski definition) is 1. The van der Waals surface area contributed by atoms with Crippen LogP contribution in [0, 0.1) is 11.3 Å². The van der Waals surface area contributed by atoms with Crippen molar-refractivity contribution in [2.75, 3.05) is 7.05 Å². The molecule has 16 heavy (non-hydrogen) atoms. The molecule has 4 nitrogen and oxygen atoms in total. The Morgan fingerprint density at radius 3 is 2.06 bits per heavy atom. The van der Waals surface area contributed by atoms with E-state index in [9.17, 15) is 9.59 Å². The SMILES string of the molecule is CN(C(=O)C(C(=O)O)C(C)(C)C)C1CCC1. The molecule has 0 aromatic carbocycles. The summed E-state index contributed by atoms with van der Waals surface area (Å²) >= 11 is 0. The highest BCUT2D eigenvalue weighted by Gasteiger charge is 2.41. The van der Waals surface area contributed by atoms with Gasteiger partial charge in [-0.15, -0.1) is 0 Å². The molecule has 0 saturated heterocycles. The number of carboxylic acid groups (broad SMARTS) is 1. The Hall–Kier alpha value is -1.06. The van der Waals surface area contributed by atoms with Crippen molar-refractivity contribution in [3.05, 3.63) is 0 Å². The molecule has 1 aliphatic rings. The van der Waals surface area contributed by atoms with E-state index in [1.807, 2.05) is 0 Å². The number of hydrogen-bond acceptors (Lipinski definition) is 2. The van der Waals surface area contributed by atoms with Gasteiger partial charge in [0.2, 0.25) is 5.91 Å². The van der Waals surface area contributed by atoms with Gasteiger partial charge in [0.15, 0.2) is 0 Å². The van der Waals surface area contributed by atoms with Gasteiger partial charge in [0, 0.05) is 13.1 Å². The molecule has 1 unspecified atom stereocenters. The predicted molar refractivity (Wildman–Crippen MR) is 61.0 cm³/mol. The second kappa shape index (κ2) is 4.44. The number of carbonyl (C=O) groups is 2. The Morgan fingerprint density at radius 2 is 1.81 bits per heavy atom. The van der Waals surface area contributed by atoms with E-state index in [1.54, 1.807) is 32.7 Å².